The molecule has 0 N–H and O–H groups in total. The minimum Gasteiger partial charge on any atom is -0.381 e. The number of aryl methyl sites for hydroxylation is 1. The van der Waals surface area contributed by atoms with Crippen molar-refractivity contribution in [2.75, 3.05) is 13.2 Å². The van der Waals surface area contributed by atoms with Crippen LogP contribution in [0.2, 0.25) is 0 Å². The van der Waals surface area contributed by atoms with Gasteiger partial charge in [0.05, 0.1) is 12.3 Å². The van der Waals surface area contributed by atoms with Crippen LogP contribution in [0.4, 0.5) is 0 Å². The SMILES string of the molecule is Cc1nc(C2CCOC2)ccc1Br. The third-order valence-corrected chi connectivity index (χ3v) is 3.23. The average Bonchev–Trinajstić information content (AvgIpc) is 2.62. The van der Waals surface area contributed by atoms with E-state index in [1.807, 2.05) is 6.92 Å². The Hall–Kier alpha value is -0.410. The van der Waals surface area contributed by atoms with E-state index in [4.69, 9.17) is 4.74 Å². The van der Waals surface area contributed by atoms with E-state index in [1.165, 1.54) is 5.69 Å². The Morgan fingerprint density at radius 2 is 2.38 bits per heavy atom. The lowest BCUT2D eigenvalue weighted by Gasteiger charge is -2.08. The lowest BCUT2D eigenvalue weighted by Crippen LogP contribution is -2.01. The molecule has 1 unspecified atom stereocenters. The Morgan fingerprint density at radius 1 is 1.54 bits per heavy atom. The maximum Gasteiger partial charge on any atom is 0.0550 e. The van der Waals surface area contributed by atoms with Crippen molar-refractivity contribution in [2.45, 2.75) is 19.3 Å². The summed E-state index contributed by atoms with van der Waals surface area (Å²) in [4.78, 5) is 4.53. The first-order valence-corrected chi connectivity index (χ1v) is 5.27. The van der Waals surface area contributed by atoms with Crippen molar-refractivity contribution in [3.8, 4) is 0 Å². The second-order valence-corrected chi connectivity index (χ2v) is 4.22. The molecular weight excluding hydrogens is 230 g/mol. The molecule has 0 bridgehead atoms. The van der Waals surface area contributed by atoms with Crippen molar-refractivity contribution in [3.63, 3.8) is 0 Å². The van der Waals surface area contributed by atoms with Crippen LogP contribution < -0.4 is 0 Å². The molecule has 2 rings (SSSR count). The van der Waals surface area contributed by atoms with Gasteiger partial charge in [-0.05, 0) is 41.4 Å². The molecule has 2 heterocycles. The van der Waals surface area contributed by atoms with Crippen LogP contribution in [0, 0.1) is 6.92 Å². The molecular formula is C10H12BrNO. The first-order chi connectivity index (χ1) is 6.27. The maximum atomic E-state index is 5.33. The summed E-state index contributed by atoms with van der Waals surface area (Å²) in [6, 6.07) is 4.15. The molecule has 1 aliphatic rings. The predicted molar refractivity (Wildman–Crippen MR) is 54.9 cm³/mol. The number of hydrogen-bond donors (Lipinski definition) is 0. The summed E-state index contributed by atoms with van der Waals surface area (Å²) in [5.41, 5.74) is 2.22. The molecule has 3 heteroatoms. The molecule has 0 aliphatic carbocycles. The van der Waals surface area contributed by atoms with Gasteiger partial charge in [-0.15, -0.1) is 0 Å². The minimum absolute atomic E-state index is 0.506. The monoisotopic (exact) mass is 241 g/mol. The van der Waals surface area contributed by atoms with Crippen molar-refractivity contribution < 1.29 is 4.74 Å². The van der Waals surface area contributed by atoms with Gasteiger partial charge in [0, 0.05) is 22.7 Å². The fourth-order valence-electron chi connectivity index (χ4n) is 1.56. The number of rotatable bonds is 1. The molecule has 1 aliphatic heterocycles. The van der Waals surface area contributed by atoms with E-state index in [0.29, 0.717) is 5.92 Å². The van der Waals surface area contributed by atoms with Crippen LogP contribution in [-0.2, 0) is 4.74 Å². The molecule has 1 atom stereocenters. The van der Waals surface area contributed by atoms with Gasteiger partial charge in [-0.3, -0.25) is 4.98 Å². The largest absolute Gasteiger partial charge is 0.381 e. The van der Waals surface area contributed by atoms with Crippen LogP contribution in [-0.4, -0.2) is 18.2 Å². The third kappa shape index (κ3) is 1.92. The van der Waals surface area contributed by atoms with Gasteiger partial charge in [0.2, 0.25) is 0 Å². The van der Waals surface area contributed by atoms with E-state index in [1.54, 1.807) is 0 Å². The van der Waals surface area contributed by atoms with Crippen LogP contribution in [0.15, 0.2) is 16.6 Å². The van der Waals surface area contributed by atoms with Gasteiger partial charge in [0.25, 0.3) is 0 Å². The van der Waals surface area contributed by atoms with E-state index >= 15 is 0 Å². The van der Waals surface area contributed by atoms with Gasteiger partial charge < -0.3 is 4.74 Å². The quantitative estimate of drug-likeness (QED) is 0.755. The highest BCUT2D eigenvalue weighted by Gasteiger charge is 2.19. The van der Waals surface area contributed by atoms with E-state index in [2.05, 4.69) is 33.0 Å². The molecule has 1 aromatic heterocycles. The third-order valence-electron chi connectivity index (χ3n) is 2.39. The smallest absolute Gasteiger partial charge is 0.0550 e. The minimum atomic E-state index is 0.506. The molecule has 0 spiro atoms. The van der Waals surface area contributed by atoms with Crippen molar-refractivity contribution in [1.82, 2.24) is 4.98 Å². The van der Waals surface area contributed by atoms with Crippen LogP contribution in [0.5, 0.6) is 0 Å². The summed E-state index contributed by atoms with van der Waals surface area (Å²) >= 11 is 3.44. The van der Waals surface area contributed by atoms with Gasteiger partial charge in [-0.25, -0.2) is 0 Å². The molecule has 2 nitrogen and oxygen atoms in total. The van der Waals surface area contributed by atoms with Gasteiger partial charge in [0.1, 0.15) is 0 Å². The second kappa shape index (κ2) is 3.76. The molecule has 1 aromatic rings. The van der Waals surface area contributed by atoms with Gasteiger partial charge >= 0.3 is 0 Å². The lowest BCUT2D eigenvalue weighted by atomic mass is 10.0. The molecule has 0 aromatic carbocycles. The molecule has 1 saturated heterocycles. The summed E-state index contributed by atoms with van der Waals surface area (Å²) < 4.78 is 6.41. The average molecular weight is 242 g/mol. The number of halogens is 1. The fourth-order valence-corrected chi connectivity index (χ4v) is 1.78. The van der Waals surface area contributed by atoms with Crippen molar-refractivity contribution >= 4 is 15.9 Å². The van der Waals surface area contributed by atoms with Crippen LogP contribution in [0.3, 0.4) is 0 Å². The Morgan fingerprint density at radius 3 is 3.00 bits per heavy atom. The van der Waals surface area contributed by atoms with E-state index < -0.39 is 0 Å². The Balaban J connectivity index is 2.25. The number of nitrogens with zero attached hydrogens (tertiary/aromatic N) is 1. The highest BCUT2D eigenvalue weighted by atomic mass is 79.9. The summed E-state index contributed by atoms with van der Waals surface area (Å²) in [7, 11) is 0. The highest BCUT2D eigenvalue weighted by molar-refractivity contribution is 9.10. The first kappa shape index (κ1) is 9.16. The Bertz CT molecular complexity index is 308. The van der Waals surface area contributed by atoms with E-state index in [-0.39, 0.29) is 0 Å². The Labute approximate surface area is 86.5 Å². The number of aromatic nitrogens is 1. The van der Waals surface area contributed by atoms with Crippen molar-refractivity contribution in [2.24, 2.45) is 0 Å². The normalized spacial score (nSPS) is 22.2. The molecule has 0 radical (unpaired) electrons. The standard InChI is InChI=1S/C10H12BrNO/c1-7-9(11)2-3-10(12-7)8-4-5-13-6-8/h2-3,8H,4-6H2,1H3. The molecule has 70 valence electrons. The zero-order valence-corrected chi connectivity index (χ0v) is 9.17. The second-order valence-electron chi connectivity index (χ2n) is 3.36. The summed E-state index contributed by atoms with van der Waals surface area (Å²) in [6.45, 7) is 3.72. The van der Waals surface area contributed by atoms with E-state index in [9.17, 15) is 0 Å². The highest BCUT2D eigenvalue weighted by Crippen LogP contribution is 2.25. The summed E-state index contributed by atoms with van der Waals surface area (Å²) in [5.74, 6) is 0.506. The lowest BCUT2D eigenvalue weighted by molar-refractivity contribution is 0.193. The molecule has 0 amide bonds. The van der Waals surface area contributed by atoms with Gasteiger partial charge in [-0.1, -0.05) is 0 Å². The van der Waals surface area contributed by atoms with Crippen LogP contribution in [0.1, 0.15) is 23.7 Å². The van der Waals surface area contributed by atoms with Crippen LogP contribution in [0.25, 0.3) is 0 Å². The zero-order chi connectivity index (χ0) is 9.26. The fraction of sp³-hybridized carbons (Fsp3) is 0.500. The zero-order valence-electron chi connectivity index (χ0n) is 7.59. The van der Waals surface area contributed by atoms with Crippen molar-refractivity contribution in [1.29, 1.82) is 0 Å². The molecule has 0 saturated carbocycles. The number of ether oxygens (including phenoxy) is 1. The molecule has 1 fully saturated rings. The number of pyridine rings is 1. The Kier molecular flexibility index (Phi) is 2.65. The summed E-state index contributed by atoms with van der Waals surface area (Å²) in [6.07, 6.45) is 1.11. The number of hydrogen-bond acceptors (Lipinski definition) is 2. The van der Waals surface area contributed by atoms with Crippen molar-refractivity contribution in [3.05, 3.63) is 28.0 Å². The first-order valence-electron chi connectivity index (χ1n) is 4.48. The topological polar surface area (TPSA) is 22.1 Å². The predicted octanol–water partition coefficient (Wildman–Crippen LogP) is 2.66. The maximum absolute atomic E-state index is 5.33. The molecule has 13 heavy (non-hydrogen) atoms. The summed E-state index contributed by atoms with van der Waals surface area (Å²) in [5, 5.41) is 0. The van der Waals surface area contributed by atoms with Gasteiger partial charge in [0.15, 0.2) is 0 Å². The van der Waals surface area contributed by atoms with Crippen LogP contribution >= 0.6 is 15.9 Å². The van der Waals surface area contributed by atoms with Gasteiger partial charge in [-0.2, -0.15) is 0 Å². The van der Waals surface area contributed by atoms with E-state index in [0.717, 1.165) is 29.8 Å².